The summed E-state index contributed by atoms with van der Waals surface area (Å²) in [6, 6.07) is 0.652. The third-order valence-electron chi connectivity index (χ3n) is 5.86. The highest BCUT2D eigenvalue weighted by Crippen LogP contribution is 2.33. The quantitative estimate of drug-likeness (QED) is 0.776. The molecule has 118 valence electrons. The summed E-state index contributed by atoms with van der Waals surface area (Å²) < 4.78 is 0. The maximum atomic E-state index is 3.72. The highest BCUT2D eigenvalue weighted by Gasteiger charge is 2.38. The van der Waals surface area contributed by atoms with Crippen molar-refractivity contribution in [3.05, 3.63) is 0 Å². The standard InChI is InChI=1S/C18H36N2/c1-18(2,20-14-10-6-7-11-15-20)17(19-3)16-12-8-4-5-9-13-16/h16-17,19H,4-15H2,1-3H3. The number of nitrogens with one attached hydrogen (secondary N) is 1. The topological polar surface area (TPSA) is 15.3 Å². The lowest BCUT2D eigenvalue weighted by atomic mass is 9.79. The molecule has 1 N–H and O–H groups in total. The number of likely N-dealkylation sites (tertiary alicyclic amines) is 1. The van der Waals surface area contributed by atoms with E-state index in [-0.39, 0.29) is 0 Å². The van der Waals surface area contributed by atoms with Crippen molar-refractivity contribution >= 4 is 0 Å². The van der Waals surface area contributed by atoms with Gasteiger partial charge in [-0.25, -0.2) is 0 Å². The van der Waals surface area contributed by atoms with Crippen LogP contribution in [-0.2, 0) is 0 Å². The second-order valence-corrected chi connectivity index (χ2v) is 7.57. The van der Waals surface area contributed by atoms with Crippen LogP contribution in [0.1, 0.15) is 78.1 Å². The van der Waals surface area contributed by atoms with Crippen LogP contribution in [0.4, 0.5) is 0 Å². The molecule has 0 bridgehead atoms. The fourth-order valence-corrected chi connectivity index (χ4v) is 4.65. The van der Waals surface area contributed by atoms with Gasteiger partial charge >= 0.3 is 0 Å². The van der Waals surface area contributed by atoms with Crippen LogP contribution in [0, 0.1) is 5.92 Å². The normalized spacial score (nSPS) is 25.9. The molecule has 0 spiro atoms. The highest BCUT2D eigenvalue weighted by atomic mass is 15.2. The Morgan fingerprint density at radius 3 is 1.85 bits per heavy atom. The molecule has 1 saturated carbocycles. The number of hydrogen-bond donors (Lipinski definition) is 1. The van der Waals surface area contributed by atoms with Gasteiger partial charge in [0.25, 0.3) is 0 Å². The molecule has 0 aromatic rings. The number of hydrogen-bond acceptors (Lipinski definition) is 2. The van der Waals surface area contributed by atoms with Crippen LogP contribution in [0.2, 0.25) is 0 Å². The largest absolute Gasteiger partial charge is 0.315 e. The van der Waals surface area contributed by atoms with E-state index in [1.165, 1.54) is 77.3 Å². The predicted molar refractivity (Wildman–Crippen MR) is 88.2 cm³/mol. The molecule has 1 aliphatic carbocycles. The van der Waals surface area contributed by atoms with Gasteiger partial charge < -0.3 is 5.32 Å². The summed E-state index contributed by atoms with van der Waals surface area (Å²) in [4.78, 5) is 2.78. The zero-order valence-corrected chi connectivity index (χ0v) is 14.1. The molecule has 2 heteroatoms. The summed E-state index contributed by atoms with van der Waals surface area (Å²) in [5.41, 5.74) is 0.300. The Morgan fingerprint density at radius 2 is 1.35 bits per heavy atom. The molecule has 2 fully saturated rings. The maximum Gasteiger partial charge on any atom is 0.0308 e. The Kier molecular flexibility index (Phi) is 6.35. The lowest BCUT2D eigenvalue weighted by Gasteiger charge is -2.47. The van der Waals surface area contributed by atoms with Gasteiger partial charge in [0.1, 0.15) is 0 Å². The van der Waals surface area contributed by atoms with Crippen molar-refractivity contribution < 1.29 is 0 Å². The molecule has 2 nitrogen and oxygen atoms in total. The van der Waals surface area contributed by atoms with Crippen LogP contribution >= 0.6 is 0 Å². The lowest BCUT2D eigenvalue weighted by Crippen LogP contribution is -2.60. The molecule has 1 aliphatic heterocycles. The minimum Gasteiger partial charge on any atom is -0.315 e. The van der Waals surface area contributed by atoms with E-state index in [1.54, 1.807) is 0 Å². The molecular formula is C18H36N2. The zero-order chi connectivity index (χ0) is 14.4. The maximum absolute atomic E-state index is 3.72. The highest BCUT2D eigenvalue weighted by molar-refractivity contribution is 4.97. The van der Waals surface area contributed by atoms with Gasteiger partial charge in [-0.1, -0.05) is 38.5 Å². The van der Waals surface area contributed by atoms with Crippen LogP contribution in [0.5, 0.6) is 0 Å². The molecule has 1 saturated heterocycles. The van der Waals surface area contributed by atoms with Gasteiger partial charge in [0.15, 0.2) is 0 Å². The van der Waals surface area contributed by atoms with Crippen molar-refractivity contribution in [2.24, 2.45) is 5.92 Å². The third kappa shape index (κ3) is 3.98. The van der Waals surface area contributed by atoms with Crippen LogP contribution in [0.3, 0.4) is 0 Å². The monoisotopic (exact) mass is 280 g/mol. The lowest BCUT2D eigenvalue weighted by molar-refractivity contribution is 0.0578. The van der Waals surface area contributed by atoms with Crippen molar-refractivity contribution in [2.45, 2.75) is 89.6 Å². The van der Waals surface area contributed by atoms with Crippen molar-refractivity contribution in [2.75, 3.05) is 20.1 Å². The van der Waals surface area contributed by atoms with Gasteiger partial charge in [0.05, 0.1) is 0 Å². The van der Waals surface area contributed by atoms with E-state index in [0.717, 1.165) is 5.92 Å². The summed E-state index contributed by atoms with van der Waals surface area (Å²) in [6.45, 7) is 7.59. The molecular weight excluding hydrogens is 244 g/mol. The van der Waals surface area contributed by atoms with E-state index in [9.17, 15) is 0 Å². The average Bonchev–Trinajstić information content (AvgIpc) is 2.84. The Labute approximate surface area is 126 Å². The number of rotatable bonds is 4. The van der Waals surface area contributed by atoms with E-state index < -0.39 is 0 Å². The molecule has 1 unspecified atom stereocenters. The summed E-state index contributed by atoms with van der Waals surface area (Å²) >= 11 is 0. The van der Waals surface area contributed by atoms with E-state index >= 15 is 0 Å². The van der Waals surface area contributed by atoms with Gasteiger partial charge in [0.2, 0.25) is 0 Å². The molecule has 1 heterocycles. The molecule has 0 amide bonds. The van der Waals surface area contributed by atoms with Gasteiger partial charge in [-0.3, -0.25) is 4.90 Å². The first-order valence-electron chi connectivity index (χ1n) is 9.08. The van der Waals surface area contributed by atoms with E-state index in [4.69, 9.17) is 0 Å². The molecule has 0 aromatic heterocycles. The third-order valence-corrected chi connectivity index (χ3v) is 5.86. The molecule has 0 radical (unpaired) electrons. The average molecular weight is 280 g/mol. The van der Waals surface area contributed by atoms with Crippen LogP contribution in [0.15, 0.2) is 0 Å². The first kappa shape index (κ1) is 16.3. The van der Waals surface area contributed by atoms with Crippen LogP contribution < -0.4 is 5.32 Å². The van der Waals surface area contributed by atoms with Crippen molar-refractivity contribution in [3.63, 3.8) is 0 Å². The second kappa shape index (κ2) is 7.79. The van der Waals surface area contributed by atoms with Gasteiger partial charge in [-0.2, -0.15) is 0 Å². The Morgan fingerprint density at radius 1 is 0.850 bits per heavy atom. The Hall–Kier alpha value is -0.0800. The van der Waals surface area contributed by atoms with Crippen molar-refractivity contribution in [1.82, 2.24) is 10.2 Å². The van der Waals surface area contributed by atoms with Gasteiger partial charge in [-0.05, 0) is 65.6 Å². The van der Waals surface area contributed by atoms with Crippen LogP contribution in [0.25, 0.3) is 0 Å². The molecule has 20 heavy (non-hydrogen) atoms. The van der Waals surface area contributed by atoms with Crippen molar-refractivity contribution in [1.29, 1.82) is 0 Å². The van der Waals surface area contributed by atoms with Crippen LogP contribution in [-0.4, -0.2) is 36.6 Å². The minimum atomic E-state index is 0.300. The van der Waals surface area contributed by atoms with E-state index in [1.807, 2.05) is 0 Å². The zero-order valence-electron chi connectivity index (χ0n) is 14.1. The Balaban J connectivity index is 2.05. The molecule has 1 atom stereocenters. The van der Waals surface area contributed by atoms with Gasteiger partial charge in [0, 0.05) is 11.6 Å². The summed E-state index contributed by atoms with van der Waals surface area (Å²) in [7, 11) is 2.19. The second-order valence-electron chi connectivity index (χ2n) is 7.57. The molecule has 0 aromatic carbocycles. The first-order valence-corrected chi connectivity index (χ1v) is 9.08. The van der Waals surface area contributed by atoms with Gasteiger partial charge in [-0.15, -0.1) is 0 Å². The van der Waals surface area contributed by atoms with E-state index in [0.29, 0.717) is 11.6 Å². The number of likely N-dealkylation sites (N-methyl/N-ethyl adjacent to an activating group) is 1. The first-order chi connectivity index (χ1) is 9.66. The number of nitrogens with zero attached hydrogens (tertiary/aromatic N) is 1. The Bertz CT molecular complexity index is 259. The minimum absolute atomic E-state index is 0.300. The SMILES string of the molecule is CNC(C1CCCCCC1)C(C)(C)N1CCCCCC1. The molecule has 2 aliphatic rings. The summed E-state index contributed by atoms with van der Waals surface area (Å²) in [6.07, 6.45) is 14.3. The summed E-state index contributed by atoms with van der Waals surface area (Å²) in [5, 5.41) is 3.72. The predicted octanol–water partition coefficient (Wildman–Crippen LogP) is 4.20. The smallest absolute Gasteiger partial charge is 0.0308 e. The fourth-order valence-electron chi connectivity index (χ4n) is 4.65. The van der Waals surface area contributed by atoms with E-state index in [2.05, 4.69) is 31.1 Å². The summed E-state index contributed by atoms with van der Waals surface area (Å²) in [5.74, 6) is 0.876. The fraction of sp³-hybridized carbons (Fsp3) is 1.00. The molecule has 2 rings (SSSR count). The van der Waals surface area contributed by atoms with Crippen molar-refractivity contribution in [3.8, 4) is 0 Å².